The van der Waals surface area contributed by atoms with E-state index in [4.69, 9.17) is 0 Å². The van der Waals surface area contributed by atoms with E-state index in [2.05, 4.69) is 25.4 Å². The van der Waals surface area contributed by atoms with E-state index in [1.54, 1.807) is 12.4 Å². The number of hydrogen-bond donors (Lipinski definition) is 2. The Labute approximate surface area is 88.5 Å². The lowest BCUT2D eigenvalue weighted by atomic mass is 10.5. The van der Waals surface area contributed by atoms with Crippen molar-refractivity contribution in [1.29, 1.82) is 0 Å². The van der Waals surface area contributed by atoms with Gasteiger partial charge in [0.15, 0.2) is 0 Å². The standard InChI is InChI=1S/C5H3F3N2.C2H3N3.H3N/c6-5(7,8)4-9-2-1-3-10-4;1-2-4-5-3-1;/h1-3H;1-2H,(H,3,4,5);1H3. The fourth-order valence-electron chi connectivity index (χ4n) is 0.612. The lowest BCUT2D eigenvalue weighted by Crippen LogP contribution is -2.09. The molecule has 0 aliphatic heterocycles. The molecule has 88 valence electrons. The zero-order valence-electron chi connectivity index (χ0n) is 8.02. The Morgan fingerprint density at radius 3 is 1.94 bits per heavy atom. The van der Waals surface area contributed by atoms with E-state index >= 15 is 0 Å². The molecule has 0 saturated carbocycles. The second-order valence-electron chi connectivity index (χ2n) is 2.23. The second-order valence-corrected chi connectivity index (χ2v) is 2.23. The predicted molar refractivity (Wildman–Crippen MR) is 48.4 cm³/mol. The van der Waals surface area contributed by atoms with Crippen molar-refractivity contribution in [1.82, 2.24) is 31.5 Å². The number of hydrogen-bond acceptors (Lipinski definition) is 5. The van der Waals surface area contributed by atoms with Gasteiger partial charge in [0.05, 0.1) is 6.20 Å². The molecule has 0 unspecified atom stereocenters. The lowest BCUT2D eigenvalue weighted by molar-refractivity contribution is -0.145. The normalized spacial score (nSPS) is 9.69. The molecule has 2 aromatic rings. The molecule has 2 aromatic heterocycles. The van der Waals surface area contributed by atoms with Crippen molar-refractivity contribution in [3.63, 3.8) is 0 Å². The molecule has 0 spiro atoms. The number of nitrogens with one attached hydrogen (secondary N) is 1. The monoisotopic (exact) mass is 234 g/mol. The summed E-state index contributed by atoms with van der Waals surface area (Å²) < 4.78 is 35.0. The Balaban J connectivity index is 0.000000318. The van der Waals surface area contributed by atoms with Crippen LogP contribution >= 0.6 is 0 Å². The van der Waals surface area contributed by atoms with Crippen LogP contribution in [-0.2, 0) is 6.18 Å². The van der Waals surface area contributed by atoms with Gasteiger partial charge in [-0.05, 0) is 6.07 Å². The second kappa shape index (κ2) is 6.45. The van der Waals surface area contributed by atoms with Crippen LogP contribution in [0.5, 0.6) is 0 Å². The van der Waals surface area contributed by atoms with Crippen LogP contribution in [0.1, 0.15) is 5.82 Å². The third-order valence-corrected chi connectivity index (χ3v) is 1.15. The topological polar surface area (TPSA) is 102 Å². The Kier molecular flexibility index (Phi) is 5.63. The first-order valence-electron chi connectivity index (χ1n) is 3.75. The maximum Gasteiger partial charge on any atom is 0.451 e. The number of aromatic amines is 1. The average Bonchev–Trinajstić information content (AvgIpc) is 2.76. The van der Waals surface area contributed by atoms with E-state index in [1.165, 1.54) is 6.07 Å². The van der Waals surface area contributed by atoms with Crippen LogP contribution in [0.4, 0.5) is 13.2 Å². The van der Waals surface area contributed by atoms with Gasteiger partial charge >= 0.3 is 6.18 Å². The lowest BCUT2D eigenvalue weighted by Gasteiger charge is -2.01. The van der Waals surface area contributed by atoms with Gasteiger partial charge in [-0.15, -0.1) is 5.10 Å². The zero-order chi connectivity index (χ0) is 11.1. The Hall–Kier alpha value is -2.03. The van der Waals surface area contributed by atoms with Gasteiger partial charge in [-0.1, -0.05) is 5.21 Å². The molecule has 0 atom stereocenters. The Morgan fingerprint density at radius 1 is 1.06 bits per heavy atom. The average molecular weight is 234 g/mol. The minimum Gasteiger partial charge on any atom is -0.344 e. The fourth-order valence-corrected chi connectivity index (χ4v) is 0.612. The van der Waals surface area contributed by atoms with E-state index in [0.29, 0.717) is 0 Å². The van der Waals surface area contributed by atoms with Crippen molar-refractivity contribution in [2.24, 2.45) is 0 Å². The third kappa shape index (κ3) is 5.00. The third-order valence-electron chi connectivity index (χ3n) is 1.15. The SMILES string of the molecule is FC(F)(F)c1ncccn1.N.c1c[nH]nn1. The van der Waals surface area contributed by atoms with E-state index in [-0.39, 0.29) is 6.15 Å². The summed E-state index contributed by atoms with van der Waals surface area (Å²) >= 11 is 0. The first-order valence-corrected chi connectivity index (χ1v) is 3.75. The molecule has 0 aliphatic carbocycles. The highest BCUT2D eigenvalue weighted by molar-refractivity contribution is 4.92. The van der Waals surface area contributed by atoms with Gasteiger partial charge in [-0.2, -0.15) is 13.2 Å². The Morgan fingerprint density at radius 2 is 1.69 bits per heavy atom. The summed E-state index contributed by atoms with van der Waals surface area (Å²) in [5.41, 5.74) is 0. The molecule has 0 fully saturated rings. The van der Waals surface area contributed by atoms with Gasteiger partial charge in [0.1, 0.15) is 0 Å². The summed E-state index contributed by atoms with van der Waals surface area (Å²) in [4.78, 5) is 6.03. The van der Waals surface area contributed by atoms with E-state index < -0.39 is 12.0 Å². The van der Waals surface area contributed by atoms with Crippen molar-refractivity contribution in [3.8, 4) is 0 Å². The number of H-pyrrole nitrogens is 1. The highest BCUT2D eigenvalue weighted by Crippen LogP contribution is 2.24. The molecule has 2 heterocycles. The maximum absolute atomic E-state index is 11.7. The molecule has 9 heteroatoms. The smallest absolute Gasteiger partial charge is 0.344 e. The van der Waals surface area contributed by atoms with E-state index in [1.807, 2.05) is 0 Å². The van der Waals surface area contributed by atoms with Crippen LogP contribution in [0.2, 0.25) is 0 Å². The van der Waals surface area contributed by atoms with Crippen molar-refractivity contribution in [3.05, 3.63) is 36.7 Å². The first-order chi connectivity index (χ1) is 7.11. The molecule has 4 N–H and O–H groups in total. The van der Waals surface area contributed by atoms with Crippen LogP contribution < -0.4 is 6.15 Å². The minimum absolute atomic E-state index is 0. The van der Waals surface area contributed by atoms with Crippen molar-refractivity contribution < 1.29 is 13.2 Å². The molecular weight excluding hydrogens is 225 g/mol. The molecule has 0 radical (unpaired) electrons. The molecule has 0 aromatic carbocycles. The largest absolute Gasteiger partial charge is 0.451 e. The summed E-state index contributed by atoms with van der Waals surface area (Å²) in [7, 11) is 0. The van der Waals surface area contributed by atoms with Gasteiger partial charge in [0.2, 0.25) is 5.82 Å². The van der Waals surface area contributed by atoms with Gasteiger partial charge < -0.3 is 6.15 Å². The van der Waals surface area contributed by atoms with Gasteiger partial charge in [0.25, 0.3) is 0 Å². The number of nitrogens with zero attached hydrogens (tertiary/aromatic N) is 4. The summed E-state index contributed by atoms with van der Waals surface area (Å²) in [5, 5.41) is 9.26. The number of alkyl halides is 3. The molecule has 0 saturated heterocycles. The van der Waals surface area contributed by atoms with Crippen molar-refractivity contribution in [2.75, 3.05) is 0 Å². The van der Waals surface area contributed by atoms with Crippen LogP contribution in [0.3, 0.4) is 0 Å². The summed E-state index contributed by atoms with van der Waals surface area (Å²) in [6, 6.07) is 1.33. The van der Waals surface area contributed by atoms with Gasteiger partial charge in [0, 0.05) is 18.6 Å². The number of aromatic nitrogens is 5. The highest BCUT2D eigenvalue weighted by Gasteiger charge is 2.33. The molecular formula is C7H9F3N6. The predicted octanol–water partition coefficient (Wildman–Crippen LogP) is 1.46. The number of rotatable bonds is 0. The van der Waals surface area contributed by atoms with Crippen molar-refractivity contribution in [2.45, 2.75) is 6.18 Å². The van der Waals surface area contributed by atoms with Crippen LogP contribution in [0.25, 0.3) is 0 Å². The molecule has 0 amide bonds. The van der Waals surface area contributed by atoms with Crippen molar-refractivity contribution >= 4 is 0 Å². The molecule has 0 aliphatic rings. The van der Waals surface area contributed by atoms with Crippen LogP contribution in [-0.4, -0.2) is 25.4 Å². The molecule has 16 heavy (non-hydrogen) atoms. The van der Waals surface area contributed by atoms with Crippen LogP contribution in [0.15, 0.2) is 30.9 Å². The van der Waals surface area contributed by atoms with E-state index in [9.17, 15) is 13.2 Å². The zero-order valence-corrected chi connectivity index (χ0v) is 8.02. The fraction of sp³-hybridized carbons (Fsp3) is 0.143. The maximum atomic E-state index is 11.7. The van der Waals surface area contributed by atoms with Gasteiger partial charge in [-0.25, -0.2) is 9.97 Å². The molecule has 2 rings (SSSR count). The summed E-state index contributed by atoms with van der Waals surface area (Å²) in [6.45, 7) is 0. The number of halogens is 3. The Bertz CT molecular complexity index is 342. The molecule has 6 nitrogen and oxygen atoms in total. The van der Waals surface area contributed by atoms with Gasteiger partial charge in [-0.3, -0.25) is 5.10 Å². The summed E-state index contributed by atoms with van der Waals surface area (Å²) in [6.07, 6.45) is 0.910. The highest BCUT2D eigenvalue weighted by atomic mass is 19.4. The quantitative estimate of drug-likeness (QED) is 0.718. The van der Waals surface area contributed by atoms with Crippen LogP contribution in [0, 0.1) is 0 Å². The molecule has 0 bridgehead atoms. The minimum atomic E-state index is -4.43. The summed E-state index contributed by atoms with van der Waals surface area (Å²) in [5.74, 6) is -1.10. The van der Waals surface area contributed by atoms with E-state index in [0.717, 1.165) is 12.4 Å². The first kappa shape index (κ1) is 14.0.